The summed E-state index contributed by atoms with van der Waals surface area (Å²) >= 11 is 3.47. The van der Waals surface area contributed by atoms with Gasteiger partial charge in [-0.05, 0) is 44.3 Å². The van der Waals surface area contributed by atoms with E-state index < -0.39 is 0 Å². The number of nitrogens with one attached hydrogen (secondary N) is 1. The Morgan fingerprint density at radius 2 is 1.95 bits per heavy atom. The van der Waals surface area contributed by atoms with E-state index in [1.807, 2.05) is 44.3 Å². The lowest BCUT2D eigenvalue weighted by molar-refractivity contribution is 0.291. The van der Waals surface area contributed by atoms with E-state index in [0.29, 0.717) is 13.2 Å². The third kappa shape index (κ3) is 4.19. The van der Waals surface area contributed by atoms with E-state index in [2.05, 4.69) is 26.2 Å². The number of aromatic nitrogens is 1. The molecule has 5 heteroatoms. The summed E-state index contributed by atoms with van der Waals surface area (Å²) in [7, 11) is 3.55. The molecule has 0 saturated heterocycles. The second kappa shape index (κ2) is 7.43. The van der Waals surface area contributed by atoms with Gasteiger partial charge in [-0.3, -0.25) is 4.98 Å². The molecule has 2 aromatic rings. The Hall–Kier alpha value is -1.59. The topological polar surface area (TPSA) is 43.4 Å². The molecule has 0 aliphatic heterocycles. The van der Waals surface area contributed by atoms with Crippen molar-refractivity contribution in [3.8, 4) is 11.5 Å². The molecule has 112 valence electrons. The smallest absolute Gasteiger partial charge is 0.142 e. The van der Waals surface area contributed by atoms with Gasteiger partial charge < -0.3 is 14.8 Å². The molecule has 0 bridgehead atoms. The number of hydrogen-bond donors (Lipinski definition) is 1. The maximum Gasteiger partial charge on any atom is 0.142 e. The second-order valence-electron chi connectivity index (χ2n) is 4.67. The Balaban J connectivity index is 2.18. The fourth-order valence-corrected chi connectivity index (χ4v) is 2.45. The van der Waals surface area contributed by atoms with Crippen molar-refractivity contribution in [3.63, 3.8) is 0 Å². The molecule has 0 spiro atoms. The minimum absolute atomic E-state index is 0.435. The lowest BCUT2D eigenvalue weighted by atomic mass is 10.2. The van der Waals surface area contributed by atoms with Gasteiger partial charge in [0.1, 0.15) is 18.1 Å². The molecule has 1 aromatic carbocycles. The van der Waals surface area contributed by atoms with Crippen LogP contribution in [0.4, 0.5) is 0 Å². The summed E-state index contributed by atoms with van der Waals surface area (Å²) in [6.45, 7) is 3.08. The number of hydrogen-bond acceptors (Lipinski definition) is 4. The van der Waals surface area contributed by atoms with E-state index in [9.17, 15) is 0 Å². The van der Waals surface area contributed by atoms with Crippen molar-refractivity contribution in [1.82, 2.24) is 10.3 Å². The fraction of sp³-hybridized carbons (Fsp3) is 0.312. The highest BCUT2D eigenvalue weighted by atomic mass is 79.9. The van der Waals surface area contributed by atoms with Gasteiger partial charge in [-0.15, -0.1) is 0 Å². The van der Waals surface area contributed by atoms with Gasteiger partial charge in [0.15, 0.2) is 0 Å². The van der Waals surface area contributed by atoms with E-state index in [1.165, 1.54) is 0 Å². The van der Waals surface area contributed by atoms with Gasteiger partial charge in [0, 0.05) is 22.3 Å². The maximum absolute atomic E-state index is 5.92. The third-order valence-electron chi connectivity index (χ3n) is 3.04. The molecular weight excluding hydrogens is 332 g/mol. The van der Waals surface area contributed by atoms with E-state index in [-0.39, 0.29) is 0 Å². The first-order valence-corrected chi connectivity index (χ1v) is 7.49. The van der Waals surface area contributed by atoms with E-state index in [4.69, 9.17) is 9.47 Å². The molecule has 1 heterocycles. The molecule has 21 heavy (non-hydrogen) atoms. The molecule has 4 nitrogen and oxygen atoms in total. The average molecular weight is 351 g/mol. The fourth-order valence-electron chi connectivity index (χ4n) is 2.04. The Kier molecular flexibility index (Phi) is 5.59. The molecule has 0 amide bonds. The summed E-state index contributed by atoms with van der Waals surface area (Å²) in [6.07, 6.45) is 0. The highest BCUT2D eigenvalue weighted by Crippen LogP contribution is 2.25. The first kappa shape index (κ1) is 15.8. The molecule has 0 aliphatic rings. The number of nitrogens with zero attached hydrogens (tertiary/aromatic N) is 1. The monoisotopic (exact) mass is 350 g/mol. The Labute approximate surface area is 133 Å². The second-order valence-corrected chi connectivity index (χ2v) is 5.59. The van der Waals surface area contributed by atoms with Crippen molar-refractivity contribution >= 4 is 15.9 Å². The van der Waals surface area contributed by atoms with Crippen LogP contribution < -0.4 is 14.8 Å². The summed E-state index contributed by atoms with van der Waals surface area (Å²) in [5, 5.41) is 3.11. The summed E-state index contributed by atoms with van der Waals surface area (Å²) in [5.41, 5.74) is 2.88. The number of methoxy groups -OCH3 is 1. The number of halogens is 1. The minimum atomic E-state index is 0.435. The Morgan fingerprint density at radius 3 is 2.67 bits per heavy atom. The Bertz CT molecular complexity index is 617. The molecule has 0 saturated carbocycles. The predicted molar refractivity (Wildman–Crippen MR) is 86.8 cm³/mol. The van der Waals surface area contributed by atoms with Crippen LogP contribution in [0.2, 0.25) is 0 Å². The first-order valence-electron chi connectivity index (χ1n) is 6.70. The molecule has 0 radical (unpaired) electrons. The van der Waals surface area contributed by atoms with E-state index >= 15 is 0 Å². The summed E-state index contributed by atoms with van der Waals surface area (Å²) in [4.78, 5) is 4.51. The Morgan fingerprint density at radius 1 is 1.19 bits per heavy atom. The van der Waals surface area contributed by atoms with Crippen LogP contribution in [0.25, 0.3) is 0 Å². The van der Waals surface area contributed by atoms with Crippen molar-refractivity contribution in [2.75, 3.05) is 14.2 Å². The number of aryl methyl sites for hydroxylation is 1. The van der Waals surface area contributed by atoms with Gasteiger partial charge in [0.2, 0.25) is 0 Å². The van der Waals surface area contributed by atoms with Gasteiger partial charge in [-0.1, -0.05) is 15.9 Å². The van der Waals surface area contributed by atoms with Crippen LogP contribution in [0, 0.1) is 6.92 Å². The number of rotatable bonds is 6. The lowest BCUT2D eigenvalue weighted by Gasteiger charge is -2.13. The summed E-state index contributed by atoms with van der Waals surface area (Å²) in [6, 6.07) is 9.77. The zero-order chi connectivity index (χ0) is 15.2. The zero-order valence-electron chi connectivity index (χ0n) is 12.4. The number of benzene rings is 1. The zero-order valence-corrected chi connectivity index (χ0v) is 14.0. The third-order valence-corrected chi connectivity index (χ3v) is 3.53. The average Bonchev–Trinajstić information content (AvgIpc) is 2.47. The van der Waals surface area contributed by atoms with Crippen LogP contribution in [0.15, 0.2) is 34.8 Å². The van der Waals surface area contributed by atoms with Crippen LogP contribution >= 0.6 is 15.9 Å². The normalized spacial score (nSPS) is 10.5. The number of ether oxygens (including phenoxy) is 2. The van der Waals surface area contributed by atoms with Gasteiger partial charge in [0.05, 0.1) is 12.8 Å². The van der Waals surface area contributed by atoms with Crippen molar-refractivity contribution in [3.05, 3.63) is 51.8 Å². The first-order chi connectivity index (χ1) is 10.1. The molecule has 1 N–H and O–H groups in total. The largest absolute Gasteiger partial charge is 0.496 e. The van der Waals surface area contributed by atoms with Crippen LogP contribution in [0.5, 0.6) is 11.5 Å². The number of pyridine rings is 1. The van der Waals surface area contributed by atoms with Crippen LogP contribution in [-0.2, 0) is 13.2 Å². The summed E-state index contributed by atoms with van der Waals surface area (Å²) in [5.74, 6) is 1.60. The minimum Gasteiger partial charge on any atom is -0.496 e. The predicted octanol–water partition coefficient (Wildman–Crippen LogP) is 3.46. The molecular formula is C16H19BrN2O2. The molecule has 0 atom stereocenters. The van der Waals surface area contributed by atoms with Crippen LogP contribution in [0.3, 0.4) is 0 Å². The SMILES string of the molecule is CNCc1nc(C)ccc1OCc1cc(Br)ccc1OC. The van der Waals surface area contributed by atoms with Crippen LogP contribution in [0.1, 0.15) is 17.0 Å². The van der Waals surface area contributed by atoms with E-state index in [0.717, 1.165) is 32.9 Å². The molecule has 1 aromatic heterocycles. The highest BCUT2D eigenvalue weighted by molar-refractivity contribution is 9.10. The molecule has 0 fully saturated rings. The van der Waals surface area contributed by atoms with Crippen LogP contribution in [-0.4, -0.2) is 19.1 Å². The molecule has 0 unspecified atom stereocenters. The van der Waals surface area contributed by atoms with Crippen molar-refractivity contribution in [2.45, 2.75) is 20.1 Å². The lowest BCUT2D eigenvalue weighted by Crippen LogP contribution is -2.10. The quantitative estimate of drug-likeness (QED) is 0.866. The maximum atomic E-state index is 5.92. The van der Waals surface area contributed by atoms with Crippen molar-refractivity contribution in [1.29, 1.82) is 0 Å². The molecule has 0 aliphatic carbocycles. The molecule has 2 rings (SSSR count). The van der Waals surface area contributed by atoms with Gasteiger partial charge in [-0.25, -0.2) is 0 Å². The van der Waals surface area contributed by atoms with E-state index in [1.54, 1.807) is 7.11 Å². The standard InChI is InChI=1S/C16H19BrN2O2/c1-11-4-6-16(14(19-11)9-18-2)21-10-12-8-13(17)5-7-15(12)20-3/h4-8,18H,9-10H2,1-3H3. The highest BCUT2D eigenvalue weighted by Gasteiger charge is 2.08. The summed E-state index contributed by atoms with van der Waals surface area (Å²) < 4.78 is 12.3. The van der Waals surface area contributed by atoms with Crippen molar-refractivity contribution < 1.29 is 9.47 Å². The van der Waals surface area contributed by atoms with Gasteiger partial charge in [0.25, 0.3) is 0 Å². The van der Waals surface area contributed by atoms with Gasteiger partial charge in [-0.2, -0.15) is 0 Å². The van der Waals surface area contributed by atoms with Crippen molar-refractivity contribution in [2.24, 2.45) is 0 Å². The van der Waals surface area contributed by atoms with Gasteiger partial charge >= 0.3 is 0 Å².